The molecule has 0 rings (SSSR count). The minimum Gasteiger partial charge on any atom is -0.475 e. The van der Waals surface area contributed by atoms with Crippen LogP contribution in [0.5, 0.6) is 0 Å². The molecule has 0 atom stereocenters. The topological polar surface area (TPSA) is 214 Å². The maximum atomic E-state index is 10.1. The van der Waals surface area contributed by atoms with Crippen molar-refractivity contribution in [3.05, 3.63) is 0 Å². The Hall–Kier alpha value is -2.31. The Bertz CT molecular complexity index is 572. The normalized spacial score (nSPS) is 8.25. The van der Waals surface area contributed by atoms with E-state index in [0.29, 0.717) is 0 Å². The van der Waals surface area contributed by atoms with Gasteiger partial charge in [0, 0.05) is 37.7 Å². The van der Waals surface area contributed by atoms with Crippen molar-refractivity contribution in [2.45, 2.75) is 40.0 Å². The molecule has 161 valence electrons. The van der Waals surface area contributed by atoms with E-state index >= 15 is 0 Å². The van der Waals surface area contributed by atoms with Crippen molar-refractivity contribution in [3.8, 4) is 0 Å². The summed E-state index contributed by atoms with van der Waals surface area (Å²) < 4.78 is 0. The van der Waals surface area contributed by atoms with E-state index in [0.717, 1.165) is 0 Å². The molecule has 1 radical (unpaired) electrons. The molecule has 0 amide bonds. The zero-order chi connectivity index (χ0) is 22.3. The van der Waals surface area contributed by atoms with Gasteiger partial charge in [-0.1, -0.05) is 0 Å². The van der Waals surface area contributed by atoms with Crippen molar-refractivity contribution in [3.63, 3.8) is 0 Å². The van der Waals surface area contributed by atoms with Gasteiger partial charge in [0.15, 0.2) is 0 Å². The molecule has 12 nitrogen and oxygen atoms in total. The summed E-state index contributed by atoms with van der Waals surface area (Å²) in [4.78, 5) is 89.8. The third-order valence-electron chi connectivity index (χ3n) is 1.94. The molecule has 0 heterocycles. The molecule has 3 N–H and O–H groups in total. The number of carboxylic acid groups (broad SMARTS) is 3. The summed E-state index contributed by atoms with van der Waals surface area (Å²) in [7, 11) is 0. The van der Waals surface area contributed by atoms with E-state index < -0.39 is 71.9 Å². The zero-order valence-electron chi connectivity index (χ0n) is 14.9. The average molecular weight is 555 g/mol. The third-order valence-corrected chi connectivity index (χ3v) is 1.94. The van der Waals surface area contributed by atoms with Gasteiger partial charge in [0.2, 0.25) is 17.3 Å². The molecule has 0 saturated heterocycles. The fourth-order valence-corrected chi connectivity index (χ4v) is 0.905. The Morgan fingerprint density at radius 1 is 0.464 bits per heavy atom. The van der Waals surface area contributed by atoms with Crippen LogP contribution < -0.4 is 0 Å². The molecule has 0 spiro atoms. The van der Waals surface area contributed by atoms with E-state index in [-0.39, 0.29) is 37.7 Å². The first-order valence-electron chi connectivity index (χ1n) is 6.88. The maximum absolute atomic E-state index is 10.1. The summed E-state index contributed by atoms with van der Waals surface area (Å²) in [6.45, 7) is 3.50. The average Bonchev–Trinajstić information content (AvgIpc) is 2.46. The summed E-state index contributed by atoms with van der Waals surface area (Å²) in [5, 5.41) is 23.8. The van der Waals surface area contributed by atoms with Crippen LogP contribution in [0.1, 0.15) is 40.0 Å². The second-order valence-corrected chi connectivity index (χ2v) is 4.82. The first-order valence-corrected chi connectivity index (χ1v) is 6.88. The van der Waals surface area contributed by atoms with Crippen molar-refractivity contribution in [1.29, 1.82) is 0 Å². The first kappa shape index (κ1) is 33.3. The molecule has 0 fully saturated rings. The molecule has 0 aromatic carbocycles. The van der Waals surface area contributed by atoms with Gasteiger partial charge in [-0.25, -0.2) is 14.4 Å². The number of rotatable bonds is 9. The van der Waals surface area contributed by atoms with Gasteiger partial charge in [-0.15, -0.1) is 0 Å². The van der Waals surface area contributed by atoms with Crippen LogP contribution >= 0.6 is 0 Å². The van der Waals surface area contributed by atoms with Gasteiger partial charge in [-0.2, -0.15) is 0 Å². The number of carbonyl (C=O) groups excluding carboxylic acids is 6. The van der Waals surface area contributed by atoms with E-state index in [1.807, 2.05) is 0 Å². The van der Waals surface area contributed by atoms with Gasteiger partial charge in [0.1, 0.15) is 17.3 Å². The van der Waals surface area contributed by atoms with Gasteiger partial charge in [-0.05, 0) is 20.8 Å². The van der Waals surface area contributed by atoms with Crippen molar-refractivity contribution in [2.75, 3.05) is 0 Å². The monoisotopic (exact) mass is 555 g/mol. The second-order valence-electron chi connectivity index (χ2n) is 4.82. The number of carboxylic acids is 3. The number of Topliss-reactive ketones (excluding diaryl/α,β-unsaturated/α-hetero) is 6. The maximum Gasteiger partial charge on any atom is 0.372 e. The Kier molecular flexibility index (Phi) is 21.5. The first-order chi connectivity index (χ1) is 12.1. The molecule has 0 aliphatic rings. The largest absolute Gasteiger partial charge is 0.475 e. The predicted octanol–water partition coefficient (Wildman–Crippen LogP) is -1.14. The van der Waals surface area contributed by atoms with E-state index in [9.17, 15) is 43.2 Å². The predicted molar refractivity (Wildman–Crippen MR) is 83.8 cm³/mol. The van der Waals surface area contributed by atoms with Crippen molar-refractivity contribution >= 4 is 52.6 Å². The Morgan fingerprint density at radius 2 is 0.607 bits per heavy atom. The third kappa shape index (κ3) is 25.9. The van der Waals surface area contributed by atoms with E-state index in [1.54, 1.807) is 0 Å². The van der Waals surface area contributed by atoms with Crippen LogP contribution in [0.2, 0.25) is 0 Å². The fraction of sp³-hybridized carbons (Fsp3) is 0.400. The zero-order valence-corrected chi connectivity index (χ0v) is 16.9. The van der Waals surface area contributed by atoms with Crippen LogP contribution in [0.4, 0.5) is 0 Å². The second kappa shape index (κ2) is 18.1. The van der Waals surface area contributed by atoms with Crippen molar-refractivity contribution in [1.82, 2.24) is 0 Å². The number of carbonyl (C=O) groups is 9. The summed E-state index contributed by atoms with van der Waals surface area (Å²) in [6.07, 6.45) is -1.51. The molecule has 0 bridgehead atoms. The molecule has 13 heteroatoms. The molecule has 0 aromatic heterocycles. The summed E-state index contributed by atoms with van der Waals surface area (Å²) >= 11 is 0. The molecular formula is C15H18HoO12. The van der Waals surface area contributed by atoms with Crippen LogP contribution in [0.25, 0.3) is 0 Å². The molecule has 0 aliphatic heterocycles. The SMILES string of the molecule is CC(=O)CC(=O)C(=O)O.CC(=O)CC(=O)C(=O)O.CC(=O)CC(=O)C(=O)O.[Ho]. The fourth-order valence-electron chi connectivity index (χ4n) is 0.905. The van der Waals surface area contributed by atoms with Crippen LogP contribution in [0, 0.1) is 37.7 Å². The molecular weight excluding hydrogens is 537 g/mol. The molecule has 0 unspecified atom stereocenters. The van der Waals surface area contributed by atoms with E-state index in [1.165, 1.54) is 20.8 Å². The summed E-state index contributed by atoms with van der Waals surface area (Å²) in [5.41, 5.74) is 0. The van der Waals surface area contributed by atoms with Gasteiger partial charge < -0.3 is 15.3 Å². The van der Waals surface area contributed by atoms with E-state index in [4.69, 9.17) is 15.3 Å². The smallest absolute Gasteiger partial charge is 0.372 e. The van der Waals surface area contributed by atoms with Gasteiger partial charge in [0.05, 0.1) is 19.3 Å². The molecule has 0 aliphatic carbocycles. The minimum atomic E-state index is -1.55. The number of hydrogen-bond acceptors (Lipinski definition) is 9. The van der Waals surface area contributed by atoms with Gasteiger partial charge in [-0.3, -0.25) is 28.8 Å². The number of hydrogen-bond donors (Lipinski definition) is 3. The Labute approximate surface area is 188 Å². The van der Waals surface area contributed by atoms with Crippen LogP contribution in [0.15, 0.2) is 0 Å². The molecule has 28 heavy (non-hydrogen) atoms. The van der Waals surface area contributed by atoms with E-state index in [2.05, 4.69) is 0 Å². The summed E-state index contributed by atoms with van der Waals surface area (Å²) in [5.74, 6) is -9.10. The van der Waals surface area contributed by atoms with Crippen molar-refractivity contribution in [2.24, 2.45) is 0 Å². The van der Waals surface area contributed by atoms with Crippen LogP contribution in [-0.2, 0) is 43.2 Å². The van der Waals surface area contributed by atoms with Gasteiger partial charge >= 0.3 is 17.9 Å². The minimum absolute atomic E-state index is 0. The Morgan fingerprint density at radius 3 is 0.643 bits per heavy atom. The van der Waals surface area contributed by atoms with Crippen LogP contribution in [0.3, 0.4) is 0 Å². The summed E-state index contributed by atoms with van der Waals surface area (Å²) in [6, 6.07) is 0. The Balaban J connectivity index is -0.000000152. The van der Waals surface area contributed by atoms with Gasteiger partial charge in [0.25, 0.3) is 0 Å². The number of aliphatic carboxylic acids is 3. The molecule has 0 aromatic rings. The van der Waals surface area contributed by atoms with Crippen molar-refractivity contribution < 1.29 is 96.2 Å². The number of ketones is 6. The molecule has 0 saturated carbocycles. The van der Waals surface area contributed by atoms with Crippen LogP contribution in [-0.4, -0.2) is 67.9 Å². The quantitative estimate of drug-likeness (QED) is 0.175. The standard InChI is InChI=1S/3C5H6O4.Ho/c3*1-3(6)2-4(7)5(8)9;/h3*2H2,1H3,(H,8,9);.